The van der Waals surface area contributed by atoms with E-state index in [2.05, 4.69) is 86.3 Å². The fourth-order valence-corrected chi connectivity index (χ4v) is 3.13. The van der Waals surface area contributed by atoms with Gasteiger partial charge >= 0.3 is 0 Å². The van der Waals surface area contributed by atoms with Crippen LogP contribution < -0.4 is 9.64 Å². The Morgan fingerprint density at radius 3 is 2.00 bits per heavy atom. The maximum absolute atomic E-state index is 6.12. The third-order valence-electron chi connectivity index (χ3n) is 4.62. The van der Waals surface area contributed by atoms with E-state index in [4.69, 9.17) is 4.74 Å². The van der Waals surface area contributed by atoms with Crippen LogP contribution in [0.3, 0.4) is 0 Å². The van der Waals surface area contributed by atoms with E-state index < -0.39 is 0 Å². The Morgan fingerprint density at radius 1 is 0.769 bits per heavy atom. The summed E-state index contributed by atoms with van der Waals surface area (Å²) in [5, 5.41) is 0. The number of ether oxygens (including phenoxy) is 1. The molecule has 0 atom stereocenters. The second-order valence-electron chi connectivity index (χ2n) is 6.88. The van der Waals surface area contributed by atoms with Gasteiger partial charge in [0.1, 0.15) is 12.4 Å². The summed E-state index contributed by atoms with van der Waals surface area (Å²) in [4.78, 5) is 2.43. The van der Waals surface area contributed by atoms with Crippen molar-refractivity contribution >= 4 is 5.69 Å². The zero-order chi connectivity index (χ0) is 18.4. The van der Waals surface area contributed by atoms with Crippen molar-refractivity contribution in [3.8, 4) is 5.75 Å². The first-order chi connectivity index (χ1) is 12.6. The summed E-state index contributed by atoms with van der Waals surface area (Å²) >= 11 is 0. The third-order valence-corrected chi connectivity index (χ3v) is 4.62. The second-order valence-corrected chi connectivity index (χ2v) is 6.88. The molecule has 0 heterocycles. The van der Waals surface area contributed by atoms with Crippen molar-refractivity contribution in [2.24, 2.45) is 0 Å². The zero-order valence-corrected chi connectivity index (χ0v) is 15.9. The molecule has 0 N–H and O–H groups in total. The first kappa shape index (κ1) is 18.1. The van der Waals surface area contributed by atoms with Crippen molar-refractivity contribution in [3.63, 3.8) is 0 Å². The summed E-state index contributed by atoms with van der Waals surface area (Å²) in [7, 11) is 0. The molecule has 0 fully saturated rings. The van der Waals surface area contributed by atoms with Crippen molar-refractivity contribution in [3.05, 3.63) is 95.6 Å². The van der Waals surface area contributed by atoms with Crippen LogP contribution in [0.1, 0.15) is 30.5 Å². The van der Waals surface area contributed by atoms with E-state index in [0.717, 1.165) is 12.3 Å². The number of benzene rings is 3. The number of anilines is 1. The highest BCUT2D eigenvalue weighted by atomic mass is 16.5. The van der Waals surface area contributed by atoms with E-state index in [1.54, 1.807) is 0 Å². The monoisotopic (exact) mass is 345 g/mol. The summed E-state index contributed by atoms with van der Waals surface area (Å²) in [6.45, 7) is 8.10. The Labute approximate surface area is 157 Å². The fraction of sp³-hybridized carbons (Fsp3) is 0.250. The van der Waals surface area contributed by atoms with Crippen molar-refractivity contribution < 1.29 is 4.74 Å². The van der Waals surface area contributed by atoms with E-state index in [0.29, 0.717) is 12.6 Å². The van der Waals surface area contributed by atoms with Crippen molar-refractivity contribution in [1.29, 1.82) is 0 Å². The SMILES string of the molecule is Cc1c(OCc2ccccc2)cccc1N(Cc1ccccc1)C(C)C. The van der Waals surface area contributed by atoms with E-state index in [1.165, 1.54) is 22.4 Å². The summed E-state index contributed by atoms with van der Waals surface area (Å²) in [6, 6.07) is 27.7. The highest BCUT2D eigenvalue weighted by Gasteiger charge is 2.16. The second kappa shape index (κ2) is 8.57. The molecule has 0 spiro atoms. The van der Waals surface area contributed by atoms with Gasteiger partial charge in [0.25, 0.3) is 0 Å². The van der Waals surface area contributed by atoms with E-state index >= 15 is 0 Å². The van der Waals surface area contributed by atoms with Gasteiger partial charge in [-0.05, 0) is 44.0 Å². The highest BCUT2D eigenvalue weighted by molar-refractivity contribution is 5.59. The molecule has 26 heavy (non-hydrogen) atoms. The van der Waals surface area contributed by atoms with Crippen molar-refractivity contribution in [1.82, 2.24) is 0 Å². The average molecular weight is 345 g/mol. The van der Waals surface area contributed by atoms with Crippen LogP contribution in [0.15, 0.2) is 78.9 Å². The lowest BCUT2D eigenvalue weighted by Crippen LogP contribution is -2.30. The van der Waals surface area contributed by atoms with Gasteiger partial charge in [-0.15, -0.1) is 0 Å². The molecule has 0 saturated heterocycles. The smallest absolute Gasteiger partial charge is 0.124 e. The lowest BCUT2D eigenvalue weighted by molar-refractivity contribution is 0.304. The Bertz CT molecular complexity index is 812. The number of rotatable bonds is 7. The maximum atomic E-state index is 6.12. The van der Waals surface area contributed by atoms with Crippen molar-refractivity contribution in [2.75, 3.05) is 4.90 Å². The van der Waals surface area contributed by atoms with Crippen LogP contribution in [0, 0.1) is 6.92 Å². The number of nitrogens with zero attached hydrogens (tertiary/aromatic N) is 1. The van der Waals surface area contributed by atoms with Gasteiger partial charge in [0, 0.05) is 23.8 Å². The highest BCUT2D eigenvalue weighted by Crippen LogP contribution is 2.31. The van der Waals surface area contributed by atoms with Gasteiger partial charge in [0.15, 0.2) is 0 Å². The predicted octanol–water partition coefficient (Wildman–Crippen LogP) is 5.99. The maximum Gasteiger partial charge on any atom is 0.124 e. The molecular formula is C24H27NO. The van der Waals surface area contributed by atoms with Gasteiger partial charge in [-0.25, -0.2) is 0 Å². The van der Waals surface area contributed by atoms with Crippen LogP contribution in [0.25, 0.3) is 0 Å². The normalized spacial score (nSPS) is 10.8. The molecule has 2 nitrogen and oxygen atoms in total. The Morgan fingerprint density at radius 2 is 1.38 bits per heavy atom. The van der Waals surface area contributed by atoms with Gasteiger partial charge in [0.2, 0.25) is 0 Å². The minimum Gasteiger partial charge on any atom is -0.489 e. The topological polar surface area (TPSA) is 12.5 Å². The van der Waals surface area contributed by atoms with Crippen LogP contribution in [-0.4, -0.2) is 6.04 Å². The molecule has 0 aliphatic heterocycles. The molecule has 3 rings (SSSR count). The fourth-order valence-electron chi connectivity index (χ4n) is 3.13. The molecule has 0 amide bonds. The minimum atomic E-state index is 0.401. The number of hydrogen-bond donors (Lipinski definition) is 0. The molecule has 0 aromatic heterocycles. The zero-order valence-electron chi connectivity index (χ0n) is 15.9. The molecular weight excluding hydrogens is 318 g/mol. The number of hydrogen-bond acceptors (Lipinski definition) is 2. The summed E-state index contributed by atoms with van der Waals surface area (Å²) in [6.07, 6.45) is 0. The third kappa shape index (κ3) is 4.45. The lowest BCUT2D eigenvalue weighted by atomic mass is 10.1. The summed E-state index contributed by atoms with van der Waals surface area (Å²) < 4.78 is 6.12. The average Bonchev–Trinajstić information content (AvgIpc) is 2.67. The minimum absolute atomic E-state index is 0.401. The first-order valence-corrected chi connectivity index (χ1v) is 9.22. The van der Waals surface area contributed by atoms with E-state index in [9.17, 15) is 0 Å². The quantitative estimate of drug-likeness (QED) is 0.521. The Hall–Kier alpha value is -2.74. The van der Waals surface area contributed by atoms with Crippen molar-refractivity contribution in [2.45, 2.75) is 40.0 Å². The summed E-state index contributed by atoms with van der Waals surface area (Å²) in [5.41, 5.74) is 4.92. The molecule has 0 saturated carbocycles. The molecule has 0 aliphatic rings. The molecule has 0 unspecified atom stereocenters. The first-order valence-electron chi connectivity index (χ1n) is 9.22. The lowest BCUT2D eigenvalue weighted by Gasteiger charge is -2.31. The van der Waals surface area contributed by atoms with E-state index in [1.807, 2.05) is 18.2 Å². The van der Waals surface area contributed by atoms with Gasteiger partial charge in [0.05, 0.1) is 0 Å². The largest absolute Gasteiger partial charge is 0.489 e. The predicted molar refractivity (Wildman–Crippen MR) is 110 cm³/mol. The molecule has 134 valence electrons. The summed E-state index contributed by atoms with van der Waals surface area (Å²) in [5.74, 6) is 0.949. The standard InChI is InChI=1S/C24H27NO/c1-19(2)25(17-21-11-6-4-7-12-21)23-15-10-16-24(20(23)3)26-18-22-13-8-5-9-14-22/h4-16,19H,17-18H2,1-3H3. The van der Waals surface area contributed by atoms with Crippen LogP contribution in [-0.2, 0) is 13.2 Å². The van der Waals surface area contributed by atoms with Crippen LogP contribution >= 0.6 is 0 Å². The van der Waals surface area contributed by atoms with Gasteiger partial charge < -0.3 is 9.64 Å². The Balaban J connectivity index is 1.81. The van der Waals surface area contributed by atoms with Gasteiger partial charge in [-0.3, -0.25) is 0 Å². The van der Waals surface area contributed by atoms with Crippen LogP contribution in [0.4, 0.5) is 5.69 Å². The van der Waals surface area contributed by atoms with Crippen LogP contribution in [0.5, 0.6) is 5.75 Å². The molecule has 0 bridgehead atoms. The van der Waals surface area contributed by atoms with E-state index in [-0.39, 0.29) is 0 Å². The molecule has 3 aromatic carbocycles. The molecule has 0 radical (unpaired) electrons. The molecule has 2 heteroatoms. The van der Waals surface area contributed by atoms with Gasteiger partial charge in [-0.1, -0.05) is 66.7 Å². The molecule has 0 aliphatic carbocycles. The Kier molecular flexibility index (Phi) is 5.96. The van der Waals surface area contributed by atoms with Crippen LogP contribution in [0.2, 0.25) is 0 Å². The molecule has 3 aromatic rings. The van der Waals surface area contributed by atoms with Gasteiger partial charge in [-0.2, -0.15) is 0 Å².